The molecule has 2 aromatic heterocycles. The minimum absolute atomic E-state index is 0.0157. The van der Waals surface area contributed by atoms with Gasteiger partial charge in [0, 0.05) is 31.9 Å². The third-order valence-electron chi connectivity index (χ3n) is 5.94. The lowest BCUT2D eigenvalue weighted by Gasteiger charge is -2.19. The Balaban J connectivity index is 1.82. The highest BCUT2D eigenvalue weighted by molar-refractivity contribution is 7.89. The van der Waals surface area contributed by atoms with Gasteiger partial charge in [-0.25, -0.2) is 18.1 Å². The Bertz CT molecular complexity index is 1740. The predicted molar refractivity (Wildman–Crippen MR) is 140 cm³/mol. The topological polar surface area (TPSA) is 122 Å². The number of aromatic nitrogens is 4. The van der Waals surface area contributed by atoms with Crippen LogP contribution in [0.5, 0.6) is 5.75 Å². The van der Waals surface area contributed by atoms with Crippen molar-refractivity contribution in [2.45, 2.75) is 63.1 Å². The molecule has 0 saturated carbocycles. The number of aryl methyl sites for hydroxylation is 2. The molecule has 4 rings (SSSR count). The first-order valence-corrected chi connectivity index (χ1v) is 13.1. The minimum atomic E-state index is -4.70. The van der Waals surface area contributed by atoms with E-state index in [0.29, 0.717) is 25.8 Å². The maximum atomic E-state index is 13.5. The number of likely N-dealkylation sites (tertiary alicyclic amines) is 1. The van der Waals surface area contributed by atoms with Gasteiger partial charge in [-0.05, 0) is 63.8 Å². The first-order chi connectivity index (χ1) is 20.6. The van der Waals surface area contributed by atoms with Crippen LogP contribution in [-0.4, -0.2) is 65.8 Å². The number of ether oxygens (including phenoxy) is 1. The van der Waals surface area contributed by atoms with E-state index in [1.165, 1.54) is 13.1 Å². The van der Waals surface area contributed by atoms with Gasteiger partial charge < -0.3 is 14.6 Å². The number of hydrogen-bond donors (Lipinski definition) is 2. The van der Waals surface area contributed by atoms with Crippen LogP contribution in [0.3, 0.4) is 0 Å². The van der Waals surface area contributed by atoms with Crippen LogP contribution in [0.2, 0.25) is 0 Å². The second kappa shape index (κ2) is 11.1. The van der Waals surface area contributed by atoms with Crippen molar-refractivity contribution in [3.05, 3.63) is 34.2 Å². The molecule has 0 spiro atoms. The standard InChI is InChI=1S/C25H36N6O4S/c1-5-8-20-22-23(31(4)29-20)25(32)28-24(27-22)19-16-18(10-11-21(19)35-15-6-2)36(33,34)26-13-12-17-9-7-14-30(17)3/h10-11,16-17,26H,5-9,12-15H2,1-4H3,(H,27,28,32)/i1D3,5D2,12D2,13D2. The Labute approximate surface area is 224 Å². The van der Waals surface area contributed by atoms with Gasteiger partial charge in [-0.2, -0.15) is 5.10 Å². The Kier molecular flexibility index (Phi) is 5.21. The van der Waals surface area contributed by atoms with Crippen LogP contribution < -0.4 is 15.0 Å². The van der Waals surface area contributed by atoms with Gasteiger partial charge in [0.2, 0.25) is 10.0 Å². The van der Waals surface area contributed by atoms with Crippen molar-refractivity contribution in [1.82, 2.24) is 29.4 Å². The molecule has 0 radical (unpaired) electrons. The molecule has 0 bridgehead atoms. The summed E-state index contributed by atoms with van der Waals surface area (Å²) in [6, 6.07) is 2.70. The zero-order chi connectivity index (χ0) is 33.8. The van der Waals surface area contributed by atoms with E-state index in [0.717, 1.165) is 16.8 Å². The molecule has 1 aliphatic rings. The summed E-state index contributed by atoms with van der Waals surface area (Å²) in [5, 5.41) is 4.14. The Morgan fingerprint density at radius 2 is 2.19 bits per heavy atom. The molecule has 1 aliphatic heterocycles. The lowest BCUT2D eigenvalue weighted by Crippen LogP contribution is -2.31. The number of fused-ring (bicyclic) bond motifs is 1. The van der Waals surface area contributed by atoms with E-state index in [4.69, 9.17) is 17.1 Å². The molecule has 1 aromatic carbocycles. The number of benzene rings is 1. The lowest BCUT2D eigenvalue weighted by molar-refractivity contribution is 0.297. The zero-order valence-corrected chi connectivity index (χ0v) is 21.2. The third kappa shape index (κ3) is 5.47. The highest BCUT2D eigenvalue weighted by atomic mass is 32.2. The van der Waals surface area contributed by atoms with E-state index in [1.54, 1.807) is 11.9 Å². The largest absolute Gasteiger partial charge is 0.493 e. The van der Waals surface area contributed by atoms with Gasteiger partial charge in [-0.3, -0.25) is 9.48 Å². The van der Waals surface area contributed by atoms with Crippen molar-refractivity contribution >= 4 is 21.1 Å². The average Bonchev–Trinajstić information content (AvgIpc) is 3.48. The fraction of sp³-hybridized carbons (Fsp3) is 0.560. The second-order valence-corrected chi connectivity index (χ2v) is 10.2. The normalized spacial score (nSPS) is 22.0. The smallest absolute Gasteiger partial charge is 0.277 e. The van der Waals surface area contributed by atoms with Crippen LogP contribution in [0.1, 0.15) is 63.8 Å². The molecule has 3 aromatic rings. The maximum Gasteiger partial charge on any atom is 0.277 e. The Morgan fingerprint density at radius 1 is 1.36 bits per heavy atom. The van der Waals surface area contributed by atoms with Crippen LogP contribution in [0.4, 0.5) is 0 Å². The van der Waals surface area contributed by atoms with Gasteiger partial charge in [0.25, 0.3) is 5.56 Å². The van der Waals surface area contributed by atoms with E-state index in [1.807, 2.05) is 11.6 Å². The maximum absolute atomic E-state index is 13.5. The quantitative estimate of drug-likeness (QED) is 0.395. The van der Waals surface area contributed by atoms with Gasteiger partial charge in [0.1, 0.15) is 17.1 Å². The molecular weight excluding hydrogens is 480 g/mol. The molecule has 1 unspecified atom stereocenters. The van der Waals surface area contributed by atoms with Crippen molar-refractivity contribution in [1.29, 1.82) is 0 Å². The SMILES string of the molecule is [2H]C([2H])([2H])C([2H])([2H])Cc1nn(C)c2c(=O)[nH]c(-c3cc(S(=O)(=O)NC([2H])([2H])C([2H])([2H])C4CCCN4C)ccc3OCCC)nc12. The molecule has 196 valence electrons. The van der Waals surface area contributed by atoms with Crippen LogP contribution in [0.15, 0.2) is 27.9 Å². The Morgan fingerprint density at radius 3 is 2.92 bits per heavy atom. The van der Waals surface area contributed by atoms with Crippen LogP contribution in [0, 0.1) is 0 Å². The van der Waals surface area contributed by atoms with Crippen molar-refractivity contribution in [3.8, 4) is 17.1 Å². The van der Waals surface area contributed by atoms with E-state index in [-0.39, 0.29) is 40.5 Å². The monoisotopic (exact) mass is 525 g/mol. The molecule has 0 amide bonds. The van der Waals surface area contributed by atoms with Gasteiger partial charge >= 0.3 is 0 Å². The number of sulfonamides is 1. The minimum Gasteiger partial charge on any atom is -0.493 e. The van der Waals surface area contributed by atoms with Crippen molar-refractivity contribution < 1.29 is 25.5 Å². The van der Waals surface area contributed by atoms with E-state index in [9.17, 15) is 13.2 Å². The Hall–Kier alpha value is -2.76. The highest BCUT2D eigenvalue weighted by Gasteiger charge is 2.23. The van der Waals surface area contributed by atoms with Crippen molar-refractivity contribution in [3.63, 3.8) is 0 Å². The predicted octanol–water partition coefficient (Wildman–Crippen LogP) is 2.83. The van der Waals surface area contributed by atoms with E-state index < -0.39 is 59.0 Å². The zero-order valence-electron chi connectivity index (χ0n) is 29.4. The van der Waals surface area contributed by atoms with Crippen molar-refractivity contribution in [2.24, 2.45) is 7.05 Å². The fourth-order valence-electron chi connectivity index (χ4n) is 4.11. The number of aromatic amines is 1. The van der Waals surface area contributed by atoms with E-state index >= 15 is 0 Å². The highest BCUT2D eigenvalue weighted by Crippen LogP contribution is 2.31. The second-order valence-electron chi connectivity index (χ2n) is 8.56. The summed E-state index contributed by atoms with van der Waals surface area (Å²) < 4.78 is 108. The summed E-state index contributed by atoms with van der Waals surface area (Å²) in [6.07, 6.45) is -4.42. The summed E-state index contributed by atoms with van der Waals surface area (Å²) >= 11 is 0. The molecule has 1 fully saturated rings. The lowest BCUT2D eigenvalue weighted by atomic mass is 10.1. The average molecular weight is 526 g/mol. The van der Waals surface area contributed by atoms with Crippen molar-refractivity contribution in [2.75, 3.05) is 26.7 Å². The van der Waals surface area contributed by atoms with E-state index in [2.05, 4.69) is 15.1 Å². The third-order valence-corrected chi connectivity index (χ3v) is 7.19. The molecule has 1 saturated heterocycles. The van der Waals surface area contributed by atoms with Gasteiger partial charge in [0.05, 0.1) is 22.8 Å². The molecule has 1 atom stereocenters. The number of H-pyrrole nitrogens is 1. The molecule has 10 nitrogen and oxygen atoms in total. The summed E-state index contributed by atoms with van der Waals surface area (Å²) in [7, 11) is -1.64. The summed E-state index contributed by atoms with van der Waals surface area (Å²) in [4.78, 5) is 21.4. The van der Waals surface area contributed by atoms with Gasteiger partial charge in [-0.15, -0.1) is 0 Å². The summed E-state index contributed by atoms with van der Waals surface area (Å²) in [6.45, 7) is -3.41. The molecular formula is C25H36N6O4S. The van der Waals surface area contributed by atoms with Crippen LogP contribution in [0.25, 0.3) is 22.4 Å². The number of nitrogens with one attached hydrogen (secondary N) is 2. The van der Waals surface area contributed by atoms with Gasteiger partial charge in [-0.1, -0.05) is 20.1 Å². The fourth-order valence-corrected chi connectivity index (χ4v) is 4.94. The molecule has 11 heteroatoms. The van der Waals surface area contributed by atoms with Crippen LogP contribution in [-0.2, 0) is 23.5 Å². The molecule has 0 aliphatic carbocycles. The number of hydrogen-bond acceptors (Lipinski definition) is 7. The first kappa shape index (κ1) is 16.9. The summed E-state index contributed by atoms with van der Waals surface area (Å²) in [5.41, 5.74) is -0.997. The molecule has 2 N–H and O–H groups in total. The number of rotatable bonds is 11. The number of nitrogens with zero attached hydrogens (tertiary/aromatic N) is 4. The molecule has 3 heterocycles. The van der Waals surface area contributed by atoms with Gasteiger partial charge in [0.15, 0.2) is 5.52 Å². The first-order valence-electron chi connectivity index (χ1n) is 16.1. The molecule has 36 heavy (non-hydrogen) atoms. The summed E-state index contributed by atoms with van der Waals surface area (Å²) in [5.74, 6) is -0.0715. The van der Waals surface area contributed by atoms with Crippen LogP contribution >= 0.6 is 0 Å².